The van der Waals surface area contributed by atoms with Crippen molar-refractivity contribution in [3.8, 4) is 0 Å². The lowest BCUT2D eigenvalue weighted by atomic mass is 9.35. The van der Waals surface area contributed by atoms with Crippen LogP contribution < -0.4 is 0 Å². The van der Waals surface area contributed by atoms with Crippen LogP contribution in [0, 0.1) is 50.7 Å². The van der Waals surface area contributed by atoms with E-state index in [-0.39, 0.29) is 28.1 Å². The van der Waals surface area contributed by atoms with Gasteiger partial charge in [-0.3, -0.25) is 0 Å². The summed E-state index contributed by atoms with van der Waals surface area (Å²) in [7, 11) is 0. The van der Waals surface area contributed by atoms with Crippen molar-refractivity contribution in [1.29, 1.82) is 0 Å². The van der Waals surface area contributed by atoms with E-state index in [0.717, 1.165) is 18.3 Å². The molecule has 4 saturated carbocycles. The molecule has 0 spiro atoms. The SMILES string of the molecule is CC(C)[C@@]1(C)CC[C@](C)([C@@]2(C)CC[C@]3(C)[C@@H]2CC[C@@H]2[C@@]4(C)CC[C@@H](O)C(C)(C)[C@@H]4CC[C@]23C)O1. The quantitative estimate of drug-likeness (QED) is 0.437. The highest BCUT2D eigenvalue weighted by Crippen LogP contribution is 2.78. The van der Waals surface area contributed by atoms with Crippen LogP contribution in [0.25, 0.3) is 0 Å². The second kappa shape index (κ2) is 7.27. The molecule has 0 amide bonds. The number of aliphatic hydroxyl groups excluding tert-OH is 1. The van der Waals surface area contributed by atoms with Gasteiger partial charge in [0.2, 0.25) is 0 Å². The van der Waals surface area contributed by atoms with Gasteiger partial charge in [-0.25, -0.2) is 0 Å². The van der Waals surface area contributed by atoms with Gasteiger partial charge in [0.1, 0.15) is 0 Å². The molecule has 1 heterocycles. The highest BCUT2D eigenvalue weighted by Gasteiger charge is 2.73. The van der Waals surface area contributed by atoms with E-state index >= 15 is 0 Å². The van der Waals surface area contributed by atoms with Gasteiger partial charge < -0.3 is 9.84 Å². The Balaban J connectivity index is 1.49. The molecular weight excluding hydrogens is 416 g/mol. The third kappa shape index (κ3) is 2.88. The lowest BCUT2D eigenvalue weighted by molar-refractivity contribution is -0.238. The summed E-state index contributed by atoms with van der Waals surface area (Å²) in [6.07, 6.45) is 12.6. The van der Waals surface area contributed by atoms with Gasteiger partial charge in [-0.15, -0.1) is 0 Å². The molecule has 5 aliphatic rings. The molecule has 4 aliphatic carbocycles. The molecule has 1 aliphatic heterocycles. The number of aliphatic hydroxyl groups is 1. The van der Waals surface area contributed by atoms with Crippen molar-refractivity contribution >= 4 is 0 Å². The van der Waals surface area contributed by atoms with Gasteiger partial charge in [0.15, 0.2) is 0 Å². The van der Waals surface area contributed by atoms with E-state index in [1.165, 1.54) is 57.8 Å². The Morgan fingerprint density at radius 1 is 0.618 bits per heavy atom. The van der Waals surface area contributed by atoms with Crippen LogP contribution in [0.2, 0.25) is 0 Å². The predicted octanol–water partition coefficient (Wildman–Crippen LogP) is 8.41. The van der Waals surface area contributed by atoms with Gasteiger partial charge >= 0.3 is 0 Å². The number of rotatable bonds is 2. The molecular formula is C32H56O2. The smallest absolute Gasteiger partial charge is 0.0719 e. The van der Waals surface area contributed by atoms with Gasteiger partial charge in [0.25, 0.3) is 0 Å². The van der Waals surface area contributed by atoms with E-state index in [0.29, 0.717) is 28.1 Å². The molecule has 0 aromatic heterocycles. The fourth-order valence-corrected chi connectivity index (χ4v) is 11.6. The zero-order chi connectivity index (χ0) is 25.2. The van der Waals surface area contributed by atoms with Gasteiger partial charge in [-0.1, -0.05) is 55.4 Å². The van der Waals surface area contributed by atoms with Crippen LogP contribution in [0.5, 0.6) is 0 Å². The molecule has 0 radical (unpaired) electrons. The molecule has 5 rings (SSSR count). The van der Waals surface area contributed by atoms with Crippen molar-refractivity contribution in [2.45, 2.75) is 151 Å². The minimum Gasteiger partial charge on any atom is -0.393 e. The first kappa shape index (κ1) is 25.6. The van der Waals surface area contributed by atoms with E-state index in [1.807, 2.05) is 0 Å². The zero-order valence-corrected chi connectivity index (χ0v) is 24.3. The Hall–Kier alpha value is -0.0800. The minimum absolute atomic E-state index is 0.00428. The van der Waals surface area contributed by atoms with Crippen molar-refractivity contribution in [1.82, 2.24) is 0 Å². The molecule has 1 N–H and O–H groups in total. The molecule has 34 heavy (non-hydrogen) atoms. The molecule has 0 bridgehead atoms. The summed E-state index contributed by atoms with van der Waals surface area (Å²) in [5.74, 6) is 2.76. The number of fused-ring (bicyclic) bond motifs is 5. The highest BCUT2D eigenvalue weighted by atomic mass is 16.5. The second-order valence-electron chi connectivity index (χ2n) is 16.2. The summed E-state index contributed by atoms with van der Waals surface area (Å²) in [6.45, 7) is 25.0. The number of hydrogen-bond donors (Lipinski definition) is 1. The predicted molar refractivity (Wildman–Crippen MR) is 142 cm³/mol. The number of ether oxygens (including phenoxy) is 1. The molecule has 10 atom stereocenters. The van der Waals surface area contributed by atoms with Crippen molar-refractivity contribution in [3.05, 3.63) is 0 Å². The van der Waals surface area contributed by atoms with Crippen LogP contribution >= 0.6 is 0 Å². The fraction of sp³-hybridized carbons (Fsp3) is 1.00. The lowest BCUT2D eigenvalue weighted by Gasteiger charge is -2.70. The van der Waals surface area contributed by atoms with Gasteiger partial charge in [-0.05, 0) is 129 Å². The van der Waals surface area contributed by atoms with Crippen LogP contribution in [0.15, 0.2) is 0 Å². The Morgan fingerprint density at radius 2 is 1.21 bits per heavy atom. The minimum atomic E-state index is -0.133. The zero-order valence-electron chi connectivity index (χ0n) is 24.3. The largest absolute Gasteiger partial charge is 0.393 e. The van der Waals surface area contributed by atoms with Gasteiger partial charge in [0, 0.05) is 0 Å². The van der Waals surface area contributed by atoms with Crippen LogP contribution in [0.1, 0.15) is 133 Å². The van der Waals surface area contributed by atoms with Gasteiger partial charge in [-0.2, -0.15) is 0 Å². The van der Waals surface area contributed by atoms with Crippen LogP contribution in [-0.4, -0.2) is 22.4 Å². The van der Waals surface area contributed by atoms with Gasteiger partial charge in [0.05, 0.1) is 17.3 Å². The first-order valence-corrected chi connectivity index (χ1v) is 14.9. The van der Waals surface area contributed by atoms with Crippen molar-refractivity contribution in [2.75, 3.05) is 0 Å². The van der Waals surface area contributed by atoms with Crippen LogP contribution in [0.4, 0.5) is 0 Å². The Morgan fingerprint density at radius 3 is 1.82 bits per heavy atom. The fourth-order valence-electron chi connectivity index (χ4n) is 11.6. The maximum Gasteiger partial charge on any atom is 0.0719 e. The third-order valence-corrected chi connectivity index (χ3v) is 14.8. The third-order valence-electron chi connectivity index (χ3n) is 14.8. The first-order chi connectivity index (χ1) is 15.5. The molecule has 2 nitrogen and oxygen atoms in total. The summed E-state index contributed by atoms with van der Waals surface area (Å²) in [4.78, 5) is 0. The van der Waals surface area contributed by atoms with E-state index in [2.05, 4.69) is 69.2 Å². The maximum atomic E-state index is 10.9. The van der Waals surface area contributed by atoms with Crippen LogP contribution in [-0.2, 0) is 4.74 Å². The standard InChI is InChI=1S/C32H56O2/c1-21(2)31(9)19-20-32(10,34-31)30(8)18-17-29(7)24(30)12-11-23-27(5)15-14-25(33)26(3,4)22(27)13-16-28(23,29)6/h21-25,33H,11-20H2,1-10H3/t22-,23+,24-,25+,27-,28+,29+,30-,31+,32+/m0/s1. The van der Waals surface area contributed by atoms with E-state index in [9.17, 15) is 5.11 Å². The van der Waals surface area contributed by atoms with Crippen LogP contribution in [0.3, 0.4) is 0 Å². The summed E-state index contributed by atoms with van der Waals surface area (Å²) in [5, 5.41) is 10.9. The molecule has 0 aromatic carbocycles. The van der Waals surface area contributed by atoms with E-state index < -0.39 is 0 Å². The topological polar surface area (TPSA) is 29.5 Å². The van der Waals surface area contributed by atoms with Crippen molar-refractivity contribution < 1.29 is 9.84 Å². The average molecular weight is 473 g/mol. The molecule has 1 saturated heterocycles. The molecule has 0 unspecified atom stereocenters. The lowest BCUT2D eigenvalue weighted by Crippen LogP contribution is -2.65. The molecule has 0 aromatic rings. The summed E-state index contributed by atoms with van der Waals surface area (Å²) in [5.41, 5.74) is 1.49. The average Bonchev–Trinajstić information content (AvgIpc) is 3.23. The summed E-state index contributed by atoms with van der Waals surface area (Å²) >= 11 is 0. The molecule has 196 valence electrons. The second-order valence-corrected chi connectivity index (χ2v) is 16.2. The summed E-state index contributed by atoms with van der Waals surface area (Å²) < 4.78 is 7.16. The molecule has 5 fully saturated rings. The monoisotopic (exact) mass is 472 g/mol. The first-order valence-electron chi connectivity index (χ1n) is 14.9. The van der Waals surface area contributed by atoms with Crippen molar-refractivity contribution in [3.63, 3.8) is 0 Å². The maximum absolute atomic E-state index is 10.9. The summed E-state index contributed by atoms with van der Waals surface area (Å²) in [6, 6.07) is 0. The molecule has 2 heteroatoms. The highest BCUT2D eigenvalue weighted by molar-refractivity contribution is 5.21. The Kier molecular flexibility index (Phi) is 5.47. The van der Waals surface area contributed by atoms with Crippen molar-refractivity contribution in [2.24, 2.45) is 50.7 Å². The Labute approximate surface area is 211 Å². The van der Waals surface area contributed by atoms with E-state index in [1.54, 1.807) is 0 Å². The number of hydrogen-bond acceptors (Lipinski definition) is 2. The normalized spacial score (nSPS) is 58.9. The Bertz CT molecular complexity index is 833. The van der Waals surface area contributed by atoms with E-state index in [4.69, 9.17) is 4.74 Å².